The highest BCUT2D eigenvalue weighted by Crippen LogP contribution is 2.12. The van der Waals surface area contributed by atoms with Crippen molar-refractivity contribution in [2.24, 2.45) is 0 Å². The molecule has 0 spiro atoms. The average molecular weight is 287 g/mol. The number of aromatic nitrogens is 1. The molecule has 0 radical (unpaired) electrons. The van der Waals surface area contributed by atoms with E-state index in [9.17, 15) is 0 Å². The predicted octanol–water partition coefficient (Wildman–Crippen LogP) is 2.40. The molecule has 16 heavy (non-hydrogen) atoms. The first-order valence-electron chi connectivity index (χ1n) is 5.52. The Morgan fingerprint density at radius 2 is 2.31 bits per heavy atom. The van der Waals surface area contributed by atoms with Crippen LogP contribution in [0, 0.1) is 0 Å². The van der Waals surface area contributed by atoms with Crippen LogP contribution in [-0.2, 0) is 11.2 Å². The summed E-state index contributed by atoms with van der Waals surface area (Å²) in [4.78, 5) is 4.17. The largest absolute Gasteiger partial charge is 0.385 e. The van der Waals surface area contributed by atoms with Crippen molar-refractivity contribution in [3.05, 3.63) is 28.5 Å². The third-order valence-electron chi connectivity index (χ3n) is 2.55. The number of hydrogen-bond donors (Lipinski definition) is 1. The monoisotopic (exact) mass is 286 g/mol. The Balaban J connectivity index is 2.43. The summed E-state index contributed by atoms with van der Waals surface area (Å²) in [5.74, 6) is 0. The molecule has 1 N–H and O–H groups in total. The summed E-state index contributed by atoms with van der Waals surface area (Å²) >= 11 is 3.43. The zero-order chi connectivity index (χ0) is 11.8. The number of likely N-dealkylation sites (N-methyl/N-ethyl adjacent to an activating group) is 1. The summed E-state index contributed by atoms with van der Waals surface area (Å²) < 4.78 is 6.10. The van der Waals surface area contributed by atoms with Gasteiger partial charge in [-0.25, -0.2) is 0 Å². The Morgan fingerprint density at radius 1 is 1.50 bits per heavy atom. The van der Waals surface area contributed by atoms with Gasteiger partial charge in [-0.2, -0.15) is 0 Å². The molecule has 1 rings (SSSR count). The zero-order valence-corrected chi connectivity index (χ0v) is 11.5. The van der Waals surface area contributed by atoms with Crippen molar-refractivity contribution < 1.29 is 4.74 Å². The summed E-state index contributed by atoms with van der Waals surface area (Å²) in [5.41, 5.74) is 1.26. The first-order valence-corrected chi connectivity index (χ1v) is 6.31. The molecule has 0 saturated heterocycles. The molecule has 1 atom stereocenters. The second kappa shape index (κ2) is 7.76. The summed E-state index contributed by atoms with van der Waals surface area (Å²) in [6.45, 7) is 0.828. The molecule has 0 aliphatic heterocycles. The highest BCUT2D eigenvalue weighted by molar-refractivity contribution is 9.10. The van der Waals surface area contributed by atoms with Gasteiger partial charge in [-0.05, 0) is 53.9 Å². The molecule has 90 valence electrons. The molecular formula is C12H19BrN2O. The van der Waals surface area contributed by atoms with Crippen LogP contribution < -0.4 is 5.32 Å². The van der Waals surface area contributed by atoms with Gasteiger partial charge < -0.3 is 10.1 Å². The van der Waals surface area contributed by atoms with Crippen LogP contribution in [0.15, 0.2) is 22.9 Å². The van der Waals surface area contributed by atoms with Crippen molar-refractivity contribution in [3.63, 3.8) is 0 Å². The van der Waals surface area contributed by atoms with Crippen LogP contribution in [0.5, 0.6) is 0 Å². The second-order valence-corrected chi connectivity index (χ2v) is 4.75. The number of ether oxygens (including phenoxy) is 1. The summed E-state index contributed by atoms with van der Waals surface area (Å²) in [6.07, 6.45) is 6.95. The third kappa shape index (κ3) is 5.05. The van der Waals surface area contributed by atoms with E-state index in [2.05, 4.69) is 32.3 Å². The van der Waals surface area contributed by atoms with Crippen LogP contribution >= 0.6 is 15.9 Å². The fraction of sp³-hybridized carbons (Fsp3) is 0.583. The summed E-state index contributed by atoms with van der Waals surface area (Å²) in [7, 11) is 3.75. The number of halogens is 1. The Hall–Kier alpha value is -0.450. The van der Waals surface area contributed by atoms with Gasteiger partial charge in [0.1, 0.15) is 0 Å². The smallest absolute Gasteiger partial charge is 0.0462 e. The summed E-state index contributed by atoms with van der Waals surface area (Å²) in [6, 6.07) is 2.61. The average Bonchev–Trinajstić information content (AvgIpc) is 2.28. The summed E-state index contributed by atoms with van der Waals surface area (Å²) in [5, 5.41) is 3.33. The number of nitrogens with zero attached hydrogens (tertiary/aromatic N) is 1. The highest BCUT2D eigenvalue weighted by Gasteiger charge is 2.07. The van der Waals surface area contributed by atoms with Gasteiger partial charge in [-0.1, -0.05) is 0 Å². The molecule has 0 fully saturated rings. The van der Waals surface area contributed by atoms with E-state index in [0.29, 0.717) is 6.04 Å². The van der Waals surface area contributed by atoms with Crippen LogP contribution in [0.3, 0.4) is 0 Å². The van der Waals surface area contributed by atoms with Crippen LogP contribution in [0.4, 0.5) is 0 Å². The van der Waals surface area contributed by atoms with E-state index >= 15 is 0 Å². The number of methoxy groups -OCH3 is 1. The van der Waals surface area contributed by atoms with Gasteiger partial charge >= 0.3 is 0 Å². The molecule has 1 aromatic rings. The molecule has 0 amide bonds. The molecule has 1 heterocycles. The first kappa shape index (κ1) is 13.6. The van der Waals surface area contributed by atoms with E-state index in [1.807, 2.05) is 19.4 Å². The van der Waals surface area contributed by atoms with Gasteiger partial charge in [-0.3, -0.25) is 4.98 Å². The van der Waals surface area contributed by atoms with Crippen LogP contribution in [-0.4, -0.2) is 31.8 Å². The van der Waals surface area contributed by atoms with Gasteiger partial charge in [0.2, 0.25) is 0 Å². The Kier molecular flexibility index (Phi) is 6.61. The molecule has 1 unspecified atom stereocenters. The lowest BCUT2D eigenvalue weighted by atomic mass is 10.0. The van der Waals surface area contributed by atoms with Gasteiger partial charge in [0.25, 0.3) is 0 Å². The fourth-order valence-electron chi connectivity index (χ4n) is 1.67. The lowest BCUT2D eigenvalue weighted by Crippen LogP contribution is -2.27. The quantitative estimate of drug-likeness (QED) is 0.782. The Morgan fingerprint density at radius 3 is 2.94 bits per heavy atom. The van der Waals surface area contributed by atoms with Gasteiger partial charge in [0.15, 0.2) is 0 Å². The van der Waals surface area contributed by atoms with E-state index in [1.165, 1.54) is 5.56 Å². The van der Waals surface area contributed by atoms with E-state index in [-0.39, 0.29) is 0 Å². The molecule has 0 aliphatic rings. The predicted molar refractivity (Wildman–Crippen MR) is 69.6 cm³/mol. The Bertz CT molecular complexity index is 307. The third-order valence-corrected chi connectivity index (χ3v) is 2.99. The molecule has 4 heteroatoms. The maximum atomic E-state index is 5.06. The van der Waals surface area contributed by atoms with Crippen LogP contribution in [0.25, 0.3) is 0 Å². The number of nitrogens with one attached hydrogen (secondary N) is 1. The maximum absolute atomic E-state index is 5.06. The molecule has 0 saturated carbocycles. The standard InChI is InChI=1S/C12H19BrN2O/c1-14-12(4-3-5-16-2)7-10-6-11(13)9-15-8-10/h6,8-9,12,14H,3-5,7H2,1-2H3. The SMILES string of the molecule is CNC(CCCOC)Cc1cncc(Br)c1. The van der Waals surface area contributed by atoms with Gasteiger partial charge in [0.05, 0.1) is 0 Å². The normalized spacial score (nSPS) is 12.7. The van der Waals surface area contributed by atoms with E-state index < -0.39 is 0 Å². The van der Waals surface area contributed by atoms with Crippen molar-refractivity contribution in [2.45, 2.75) is 25.3 Å². The van der Waals surface area contributed by atoms with Crippen molar-refractivity contribution in [1.82, 2.24) is 10.3 Å². The van der Waals surface area contributed by atoms with Crippen LogP contribution in [0.2, 0.25) is 0 Å². The Labute approximate surface area is 106 Å². The van der Waals surface area contributed by atoms with Crippen LogP contribution in [0.1, 0.15) is 18.4 Å². The minimum atomic E-state index is 0.492. The molecule has 1 aromatic heterocycles. The van der Waals surface area contributed by atoms with Crippen molar-refractivity contribution >= 4 is 15.9 Å². The van der Waals surface area contributed by atoms with Gasteiger partial charge in [0, 0.05) is 36.6 Å². The minimum Gasteiger partial charge on any atom is -0.385 e. The lowest BCUT2D eigenvalue weighted by Gasteiger charge is -2.15. The second-order valence-electron chi connectivity index (χ2n) is 3.84. The van der Waals surface area contributed by atoms with E-state index in [1.54, 1.807) is 7.11 Å². The number of rotatable bonds is 7. The van der Waals surface area contributed by atoms with Crippen molar-refractivity contribution in [1.29, 1.82) is 0 Å². The molecule has 0 aromatic carbocycles. The zero-order valence-electron chi connectivity index (χ0n) is 9.87. The van der Waals surface area contributed by atoms with Gasteiger partial charge in [-0.15, -0.1) is 0 Å². The number of hydrogen-bond acceptors (Lipinski definition) is 3. The molecule has 0 bridgehead atoms. The lowest BCUT2D eigenvalue weighted by molar-refractivity contribution is 0.189. The first-order chi connectivity index (χ1) is 7.76. The highest BCUT2D eigenvalue weighted by atomic mass is 79.9. The van der Waals surface area contributed by atoms with Crippen molar-refractivity contribution in [2.75, 3.05) is 20.8 Å². The molecular weight excluding hydrogens is 268 g/mol. The topological polar surface area (TPSA) is 34.1 Å². The molecule has 0 aliphatic carbocycles. The van der Waals surface area contributed by atoms with Crippen molar-refractivity contribution in [3.8, 4) is 0 Å². The fourth-order valence-corrected chi connectivity index (χ4v) is 2.09. The van der Waals surface area contributed by atoms with E-state index in [4.69, 9.17) is 4.74 Å². The minimum absolute atomic E-state index is 0.492. The molecule has 3 nitrogen and oxygen atoms in total. The number of pyridine rings is 1. The van der Waals surface area contributed by atoms with E-state index in [0.717, 1.165) is 30.3 Å². The maximum Gasteiger partial charge on any atom is 0.0462 e.